The lowest BCUT2D eigenvalue weighted by Gasteiger charge is -2.06. The van der Waals surface area contributed by atoms with Crippen LogP contribution >= 0.6 is 11.6 Å². The molecule has 7 nitrogen and oxygen atoms in total. The van der Waals surface area contributed by atoms with Crippen molar-refractivity contribution < 1.29 is 19.2 Å². The van der Waals surface area contributed by atoms with Gasteiger partial charge in [0.15, 0.2) is 0 Å². The molecule has 2 aromatic rings. The maximum absolute atomic E-state index is 11.6. The molecule has 1 aromatic carbocycles. The fraction of sp³-hybridized carbons (Fsp3) is 0.154. The third-order valence-electron chi connectivity index (χ3n) is 2.64. The minimum Gasteiger partial charge on any atom is -0.482 e. The zero-order valence-electron chi connectivity index (χ0n) is 10.6. The van der Waals surface area contributed by atoms with Gasteiger partial charge >= 0.3 is 0 Å². The van der Waals surface area contributed by atoms with Crippen LogP contribution in [-0.4, -0.2) is 10.0 Å². The van der Waals surface area contributed by atoms with Crippen LogP contribution in [0.15, 0.2) is 39.7 Å². The molecule has 21 heavy (non-hydrogen) atoms. The molecule has 1 aromatic heterocycles. The predicted molar refractivity (Wildman–Crippen MR) is 73.3 cm³/mol. The van der Waals surface area contributed by atoms with Crippen LogP contribution in [0.5, 0.6) is 5.75 Å². The smallest absolute Gasteiger partial charge is 0.277 e. The zero-order chi connectivity index (χ0) is 15.4. The molecule has 0 bridgehead atoms. The first kappa shape index (κ1) is 15.0. The summed E-state index contributed by atoms with van der Waals surface area (Å²) in [6, 6.07) is 5.23. The monoisotopic (exact) mass is 311 g/mol. The van der Waals surface area contributed by atoms with Crippen LogP contribution in [0.4, 0.5) is 5.69 Å². The highest BCUT2D eigenvalue weighted by molar-refractivity contribution is 6.30. The molecule has 8 heteroatoms. The Bertz CT molecular complexity index is 727. The van der Waals surface area contributed by atoms with E-state index in [2.05, 4.69) is 0 Å². The Labute approximate surface area is 123 Å². The molecule has 1 N–H and O–H groups in total. The first-order valence-electron chi connectivity index (χ1n) is 5.79. The van der Waals surface area contributed by atoms with Crippen molar-refractivity contribution in [1.29, 1.82) is 0 Å². The quantitative estimate of drug-likeness (QED) is 0.671. The minimum atomic E-state index is -0.581. The van der Waals surface area contributed by atoms with Crippen molar-refractivity contribution in [3.63, 3.8) is 0 Å². The summed E-state index contributed by atoms with van der Waals surface area (Å²) in [6.07, 6.45) is 1.05. The Balaban J connectivity index is 2.21. The predicted octanol–water partition coefficient (Wildman–Crippen LogP) is 2.27. The van der Waals surface area contributed by atoms with E-state index in [1.807, 2.05) is 0 Å². The van der Waals surface area contributed by atoms with E-state index in [4.69, 9.17) is 25.9 Å². The van der Waals surface area contributed by atoms with E-state index in [9.17, 15) is 14.9 Å². The molecule has 0 fully saturated rings. The molecule has 0 amide bonds. The molecule has 110 valence electrons. The molecule has 0 spiro atoms. The van der Waals surface area contributed by atoms with Gasteiger partial charge in [-0.15, -0.1) is 0 Å². The minimum absolute atomic E-state index is 0.101. The lowest BCUT2D eigenvalue weighted by molar-refractivity contribution is -0.385. The summed E-state index contributed by atoms with van der Waals surface area (Å²) < 4.78 is 10.2. The Kier molecular flexibility index (Phi) is 4.56. The van der Waals surface area contributed by atoms with Gasteiger partial charge in [0.25, 0.3) is 5.69 Å². The molecule has 0 saturated heterocycles. The second-order valence-electron chi connectivity index (χ2n) is 4.05. The SMILES string of the molecule is O=c1cc(CO)occ1OCc1ccc(Cl)cc1[N+](=O)[O-]. The molecular formula is C13H10ClNO6. The van der Waals surface area contributed by atoms with Crippen LogP contribution in [0.2, 0.25) is 5.02 Å². The number of nitro benzene ring substituents is 1. The number of halogens is 1. The molecule has 0 saturated carbocycles. The van der Waals surface area contributed by atoms with Crippen LogP contribution in [-0.2, 0) is 13.2 Å². The van der Waals surface area contributed by atoms with Crippen LogP contribution in [0, 0.1) is 10.1 Å². The van der Waals surface area contributed by atoms with Crippen molar-refractivity contribution in [1.82, 2.24) is 0 Å². The van der Waals surface area contributed by atoms with Gasteiger partial charge in [-0.25, -0.2) is 0 Å². The van der Waals surface area contributed by atoms with E-state index in [1.54, 1.807) is 0 Å². The number of ether oxygens (including phenoxy) is 1. The number of benzene rings is 1. The average Bonchev–Trinajstić information content (AvgIpc) is 2.46. The van der Waals surface area contributed by atoms with Gasteiger partial charge in [0.2, 0.25) is 11.2 Å². The lowest BCUT2D eigenvalue weighted by atomic mass is 10.2. The summed E-state index contributed by atoms with van der Waals surface area (Å²) in [5, 5.41) is 20.0. The molecule has 2 rings (SSSR count). The summed E-state index contributed by atoms with van der Waals surface area (Å²) in [5.41, 5.74) is -0.407. The molecule has 1 heterocycles. The average molecular weight is 312 g/mol. The van der Waals surface area contributed by atoms with Gasteiger partial charge in [-0.1, -0.05) is 11.6 Å². The Morgan fingerprint density at radius 2 is 2.14 bits per heavy atom. The molecule has 0 radical (unpaired) electrons. The van der Waals surface area contributed by atoms with Gasteiger partial charge in [0.05, 0.1) is 10.5 Å². The maximum atomic E-state index is 11.6. The summed E-state index contributed by atoms with van der Waals surface area (Å²) >= 11 is 5.70. The molecule has 0 aliphatic heterocycles. The van der Waals surface area contributed by atoms with Gasteiger partial charge in [-0.2, -0.15) is 0 Å². The summed E-state index contributed by atoms with van der Waals surface area (Å²) in [6.45, 7) is -0.588. The van der Waals surface area contributed by atoms with Gasteiger partial charge in [0.1, 0.15) is 25.2 Å². The Morgan fingerprint density at radius 3 is 2.76 bits per heavy atom. The second kappa shape index (κ2) is 6.38. The molecule has 0 unspecified atom stereocenters. The highest BCUT2D eigenvalue weighted by atomic mass is 35.5. The zero-order valence-corrected chi connectivity index (χ0v) is 11.4. The fourth-order valence-electron chi connectivity index (χ4n) is 1.61. The molecule has 0 aliphatic rings. The first-order chi connectivity index (χ1) is 10.0. The van der Waals surface area contributed by atoms with Crippen molar-refractivity contribution in [2.75, 3.05) is 0 Å². The fourth-order valence-corrected chi connectivity index (χ4v) is 1.78. The van der Waals surface area contributed by atoms with E-state index in [1.165, 1.54) is 18.2 Å². The normalized spacial score (nSPS) is 10.4. The first-order valence-corrected chi connectivity index (χ1v) is 6.17. The van der Waals surface area contributed by atoms with E-state index >= 15 is 0 Å². The number of nitro groups is 1. The van der Waals surface area contributed by atoms with Crippen LogP contribution in [0.1, 0.15) is 11.3 Å². The van der Waals surface area contributed by atoms with E-state index in [0.717, 1.165) is 12.3 Å². The number of hydrogen-bond donors (Lipinski definition) is 1. The number of hydrogen-bond acceptors (Lipinski definition) is 6. The van der Waals surface area contributed by atoms with Crippen molar-refractivity contribution >= 4 is 17.3 Å². The summed E-state index contributed by atoms with van der Waals surface area (Å²) in [5.74, 6) is 0.00118. The van der Waals surface area contributed by atoms with E-state index in [-0.39, 0.29) is 34.4 Å². The molecule has 0 atom stereocenters. The highest BCUT2D eigenvalue weighted by Gasteiger charge is 2.15. The number of nitrogens with zero attached hydrogens (tertiary/aromatic N) is 1. The topological polar surface area (TPSA) is 103 Å². The number of aliphatic hydroxyl groups is 1. The maximum Gasteiger partial charge on any atom is 0.277 e. The largest absolute Gasteiger partial charge is 0.482 e. The third kappa shape index (κ3) is 3.59. The van der Waals surface area contributed by atoms with Gasteiger partial charge < -0.3 is 14.3 Å². The van der Waals surface area contributed by atoms with Crippen LogP contribution < -0.4 is 10.2 Å². The van der Waals surface area contributed by atoms with Gasteiger partial charge in [-0.05, 0) is 12.1 Å². The van der Waals surface area contributed by atoms with E-state index < -0.39 is 17.0 Å². The van der Waals surface area contributed by atoms with Gasteiger partial charge in [-0.3, -0.25) is 14.9 Å². The van der Waals surface area contributed by atoms with Crippen molar-refractivity contribution in [3.05, 3.63) is 67.2 Å². The van der Waals surface area contributed by atoms with Crippen LogP contribution in [0.3, 0.4) is 0 Å². The standard InChI is InChI=1S/C13H10ClNO6/c14-9-2-1-8(11(3-9)15(18)19)6-21-13-7-20-10(5-16)4-12(13)17/h1-4,7,16H,5-6H2. The number of rotatable bonds is 5. The van der Waals surface area contributed by atoms with Crippen molar-refractivity contribution in [3.8, 4) is 5.75 Å². The third-order valence-corrected chi connectivity index (χ3v) is 2.87. The summed E-state index contributed by atoms with van der Waals surface area (Å²) in [4.78, 5) is 22.0. The Hall–Kier alpha value is -2.38. The van der Waals surface area contributed by atoms with Gasteiger partial charge in [0, 0.05) is 17.2 Å². The van der Waals surface area contributed by atoms with Crippen molar-refractivity contribution in [2.24, 2.45) is 0 Å². The highest BCUT2D eigenvalue weighted by Crippen LogP contribution is 2.24. The molecular weight excluding hydrogens is 302 g/mol. The lowest BCUT2D eigenvalue weighted by Crippen LogP contribution is -2.09. The van der Waals surface area contributed by atoms with Crippen LogP contribution in [0.25, 0.3) is 0 Å². The summed E-state index contributed by atoms with van der Waals surface area (Å²) in [7, 11) is 0. The Morgan fingerprint density at radius 1 is 1.38 bits per heavy atom. The molecule has 0 aliphatic carbocycles. The van der Waals surface area contributed by atoms with Crippen molar-refractivity contribution in [2.45, 2.75) is 13.2 Å². The van der Waals surface area contributed by atoms with E-state index in [0.29, 0.717) is 0 Å². The number of aliphatic hydroxyl groups excluding tert-OH is 1. The second-order valence-corrected chi connectivity index (χ2v) is 4.49.